The van der Waals surface area contributed by atoms with E-state index in [9.17, 15) is 49.8 Å². The summed E-state index contributed by atoms with van der Waals surface area (Å²) in [6.07, 6.45) is -0.0369. The first-order valence-electron chi connectivity index (χ1n) is 17.8. The van der Waals surface area contributed by atoms with Gasteiger partial charge in [-0.1, -0.05) is 56.3 Å². The van der Waals surface area contributed by atoms with Crippen molar-refractivity contribution in [3.8, 4) is 5.75 Å². The quantitative estimate of drug-likeness (QED) is 0.161. The minimum absolute atomic E-state index is 0.106. The second-order valence-corrected chi connectivity index (χ2v) is 18.4. The maximum absolute atomic E-state index is 14.7. The van der Waals surface area contributed by atoms with E-state index in [-0.39, 0.29) is 31.0 Å². The van der Waals surface area contributed by atoms with Crippen molar-refractivity contribution in [3.05, 3.63) is 89.0 Å². The van der Waals surface area contributed by atoms with Gasteiger partial charge in [-0.2, -0.15) is 17.5 Å². The van der Waals surface area contributed by atoms with Crippen molar-refractivity contribution < 1.29 is 54.5 Å². The fourth-order valence-corrected chi connectivity index (χ4v) is 12.0. The van der Waals surface area contributed by atoms with E-state index in [1.807, 2.05) is 19.1 Å². The first-order valence-corrected chi connectivity index (χ1v) is 19.7. The van der Waals surface area contributed by atoms with Gasteiger partial charge in [0, 0.05) is 40.5 Å². The number of hydrogen-bond donors (Lipinski definition) is 2. The summed E-state index contributed by atoms with van der Waals surface area (Å²) in [6.45, 7) is 3.52. The van der Waals surface area contributed by atoms with Crippen LogP contribution in [-0.2, 0) is 22.7 Å². The van der Waals surface area contributed by atoms with E-state index in [4.69, 9.17) is 0 Å². The average Bonchev–Trinajstić information content (AvgIpc) is 3.33. The number of halogens is 6. The first-order chi connectivity index (χ1) is 24.5. The highest BCUT2D eigenvalue weighted by Crippen LogP contribution is 2.78. The molecule has 2 spiro atoms. The SMILES string of the molecule is C[C@]12CC[C@H]3[C@]4(C=C[C@@]5(C=C4C(=O)c4cccc(C(F)(F)F)c4)CC(O)CC[C@]35C)[C@@H]1CC[C@@]2(O)CN(Cc1ccc(OC(F)(F)F)cc1)S(C)(=O)=O. The van der Waals surface area contributed by atoms with Crippen molar-refractivity contribution in [2.75, 3.05) is 12.8 Å². The molecule has 14 heteroatoms. The number of ether oxygens (including phenoxy) is 1. The molecular formula is C39H43F6NO6S. The topological polar surface area (TPSA) is 104 Å². The number of sulfonamides is 1. The molecule has 288 valence electrons. The van der Waals surface area contributed by atoms with Crippen LogP contribution >= 0.6 is 0 Å². The zero-order valence-electron chi connectivity index (χ0n) is 29.6. The lowest BCUT2D eigenvalue weighted by molar-refractivity contribution is -0.274. The average molecular weight is 768 g/mol. The highest BCUT2D eigenvalue weighted by Gasteiger charge is 2.74. The molecule has 1 unspecified atom stereocenters. The number of hydrogen-bond acceptors (Lipinski definition) is 6. The third kappa shape index (κ3) is 5.97. The van der Waals surface area contributed by atoms with Gasteiger partial charge in [0.2, 0.25) is 10.0 Å². The zero-order valence-corrected chi connectivity index (χ0v) is 30.4. The minimum atomic E-state index is -4.90. The molecule has 53 heavy (non-hydrogen) atoms. The number of benzene rings is 2. The third-order valence-electron chi connectivity index (χ3n) is 13.8. The molecule has 2 bridgehead atoms. The van der Waals surface area contributed by atoms with E-state index in [2.05, 4.69) is 17.7 Å². The molecule has 0 aliphatic heterocycles. The molecule has 0 radical (unpaired) electrons. The van der Waals surface area contributed by atoms with Crippen LogP contribution < -0.4 is 4.74 Å². The van der Waals surface area contributed by atoms with E-state index in [1.54, 1.807) is 0 Å². The molecule has 0 heterocycles. The molecule has 2 aromatic carbocycles. The molecule has 2 aromatic rings. The van der Waals surface area contributed by atoms with E-state index in [0.717, 1.165) is 34.8 Å². The maximum Gasteiger partial charge on any atom is 0.573 e. The van der Waals surface area contributed by atoms with Crippen LogP contribution in [0.4, 0.5) is 26.3 Å². The Morgan fingerprint density at radius 2 is 1.57 bits per heavy atom. The second-order valence-electron chi connectivity index (χ2n) is 16.4. The first kappa shape index (κ1) is 38.1. The van der Waals surface area contributed by atoms with Crippen LogP contribution in [0.15, 0.2) is 72.3 Å². The largest absolute Gasteiger partial charge is 0.573 e. The standard InChI is InChI=1S/C39H43F6NO6S/c1-33-14-11-27(47)20-35(33)17-18-37(29(21-35)32(48)25-5-4-6-26(19-25)38(40,41)42)30(33)12-15-34(2)31(37)13-16-36(34,49)23-46(53(3,50)51)22-24-7-9-28(10-8-24)52-39(43,44)45/h4-10,17-19,21,27,30-31,47,49H,11-16,20,22-23H2,1-3H3/t27?,30-,31-,33-,34+,35+,36-,37-/m1/s1. The number of rotatable bonds is 8. The van der Waals surface area contributed by atoms with Crippen molar-refractivity contribution in [3.63, 3.8) is 0 Å². The smallest absolute Gasteiger partial charge is 0.406 e. The predicted octanol–water partition coefficient (Wildman–Crippen LogP) is 7.84. The molecule has 8 atom stereocenters. The van der Waals surface area contributed by atoms with Crippen molar-refractivity contribution in [1.82, 2.24) is 4.31 Å². The second kappa shape index (κ2) is 12.1. The molecule has 0 amide bonds. The Kier molecular flexibility index (Phi) is 8.73. The van der Waals surface area contributed by atoms with Gasteiger partial charge in [-0.25, -0.2) is 8.42 Å². The molecule has 0 saturated heterocycles. The predicted molar refractivity (Wildman–Crippen MR) is 183 cm³/mol. The minimum Gasteiger partial charge on any atom is -0.406 e. The van der Waals surface area contributed by atoms with E-state index >= 15 is 0 Å². The summed E-state index contributed by atoms with van der Waals surface area (Å²) in [7, 11) is -3.97. The van der Waals surface area contributed by atoms with Crippen LogP contribution in [0.3, 0.4) is 0 Å². The van der Waals surface area contributed by atoms with Crippen molar-refractivity contribution >= 4 is 15.8 Å². The van der Waals surface area contributed by atoms with Gasteiger partial charge in [-0.3, -0.25) is 4.79 Å². The van der Waals surface area contributed by atoms with Crippen LogP contribution in [0, 0.1) is 33.5 Å². The normalized spacial score (nSPS) is 36.5. The van der Waals surface area contributed by atoms with Crippen LogP contribution in [0.5, 0.6) is 5.75 Å². The number of Topliss-reactive ketones (excluding diaryl/α,β-unsaturated/α-hetero) is 1. The van der Waals surface area contributed by atoms with Crippen molar-refractivity contribution in [2.45, 2.75) is 89.6 Å². The van der Waals surface area contributed by atoms with E-state index in [0.29, 0.717) is 49.7 Å². The van der Waals surface area contributed by atoms with Gasteiger partial charge >= 0.3 is 12.5 Å². The van der Waals surface area contributed by atoms with Crippen LogP contribution in [-0.4, -0.2) is 59.6 Å². The molecular weight excluding hydrogens is 724 g/mol. The van der Waals surface area contributed by atoms with Crippen molar-refractivity contribution in [1.29, 1.82) is 0 Å². The fourth-order valence-electron chi connectivity index (χ4n) is 11.2. The number of aliphatic hydroxyl groups excluding tert-OH is 1. The van der Waals surface area contributed by atoms with Crippen LogP contribution in [0.2, 0.25) is 0 Å². The molecule has 6 aliphatic rings. The highest BCUT2D eigenvalue weighted by molar-refractivity contribution is 7.88. The summed E-state index contributed by atoms with van der Waals surface area (Å²) >= 11 is 0. The molecule has 3 saturated carbocycles. The van der Waals surface area contributed by atoms with E-state index < -0.39 is 78.9 Å². The number of nitrogens with zero attached hydrogens (tertiary/aromatic N) is 1. The molecule has 0 aromatic heterocycles. The van der Waals surface area contributed by atoms with Crippen LogP contribution in [0.1, 0.15) is 80.3 Å². The van der Waals surface area contributed by atoms with Gasteiger partial charge in [-0.15, -0.1) is 13.2 Å². The summed E-state index contributed by atoms with van der Waals surface area (Å²) < 4.78 is 111. The summed E-state index contributed by atoms with van der Waals surface area (Å²) in [4.78, 5) is 14.7. The van der Waals surface area contributed by atoms with Crippen LogP contribution in [0.25, 0.3) is 0 Å². The third-order valence-corrected chi connectivity index (χ3v) is 15.0. The Labute approximate surface area is 304 Å². The zero-order chi connectivity index (χ0) is 38.6. The molecule has 3 fully saturated rings. The number of carbonyl (C=O) groups is 1. The monoisotopic (exact) mass is 767 g/mol. The Hall–Kier alpha value is -3.20. The van der Waals surface area contributed by atoms with Gasteiger partial charge in [0.25, 0.3) is 0 Å². The maximum atomic E-state index is 14.7. The van der Waals surface area contributed by atoms with Gasteiger partial charge in [0.1, 0.15) is 5.75 Å². The highest BCUT2D eigenvalue weighted by atomic mass is 32.2. The van der Waals surface area contributed by atoms with Gasteiger partial charge in [-0.05, 0) is 92.0 Å². The molecule has 2 N–H and O–H groups in total. The fraction of sp³-hybridized carbons (Fsp3) is 0.564. The number of ketones is 1. The summed E-state index contributed by atoms with van der Waals surface area (Å²) in [5.74, 6) is -1.55. The molecule has 8 rings (SSSR count). The Bertz CT molecular complexity index is 1980. The number of alkyl halides is 6. The van der Waals surface area contributed by atoms with Crippen molar-refractivity contribution in [2.24, 2.45) is 33.5 Å². The van der Waals surface area contributed by atoms with Gasteiger partial charge in [0.15, 0.2) is 5.78 Å². The number of allylic oxidation sites excluding steroid dienone is 4. The summed E-state index contributed by atoms with van der Waals surface area (Å²) in [5.41, 5.74) is -4.99. The lowest BCUT2D eigenvalue weighted by Gasteiger charge is -2.71. The lowest BCUT2D eigenvalue weighted by Crippen LogP contribution is -2.67. The lowest BCUT2D eigenvalue weighted by atomic mass is 9.32. The van der Waals surface area contributed by atoms with E-state index in [1.165, 1.54) is 24.3 Å². The molecule has 6 aliphatic carbocycles. The number of fused-ring (bicyclic) bond motifs is 1. The molecule has 7 nitrogen and oxygen atoms in total. The summed E-state index contributed by atoms with van der Waals surface area (Å²) in [6, 6.07) is 9.20. The summed E-state index contributed by atoms with van der Waals surface area (Å²) in [5, 5.41) is 23.6. The number of aliphatic hydroxyl groups is 2. The number of carbonyl (C=O) groups excluding carboxylic acids is 1. The Morgan fingerprint density at radius 3 is 2.21 bits per heavy atom. The van der Waals surface area contributed by atoms with Gasteiger partial charge in [0.05, 0.1) is 23.5 Å². The Balaban J connectivity index is 1.28. The van der Waals surface area contributed by atoms with Gasteiger partial charge < -0.3 is 14.9 Å². The Morgan fingerprint density at radius 1 is 0.925 bits per heavy atom.